The van der Waals surface area contributed by atoms with Crippen molar-refractivity contribution in [2.45, 2.75) is 32.2 Å². The van der Waals surface area contributed by atoms with Gasteiger partial charge in [0.1, 0.15) is 12.1 Å². The molecule has 5 nitrogen and oxygen atoms in total. The Morgan fingerprint density at radius 2 is 2.28 bits per heavy atom. The van der Waals surface area contributed by atoms with E-state index in [0.717, 1.165) is 11.5 Å². The molecule has 1 atom stereocenters. The molecular weight excluding hydrogens is 226 g/mol. The summed E-state index contributed by atoms with van der Waals surface area (Å²) in [6.45, 7) is 4.88. The minimum Gasteiger partial charge on any atom is -0.363 e. The lowest BCUT2D eigenvalue weighted by Crippen LogP contribution is -2.45. The number of anilines is 1. The summed E-state index contributed by atoms with van der Waals surface area (Å²) >= 11 is 0. The van der Waals surface area contributed by atoms with Crippen LogP contribution in [0.4, 0.5) is 5.82 Å². The van der Waals surface area contributed by atoms with Gasteiger partial charge in [-0.25, -0.2) is 4.98 Å². The lowest BCUT2D eigenvalue weighted by atomic mass is 9.96. The highest BCUT2D eigenvalue weighted by atomic mass is 15.3. The third-order valence-corrected chi connectivity index (χ3v) is 3.84. The van der Waals surface area contributed by atoms with Crippen LogP contribution in [0.3, 0.4) is 0 Å². The van der Waals surface area contributed by atoms with Crippen molar-refractivity contribution in [3.05, 3.63) is 24.0 Å². The summed E-state index contributed by atoms with van der Waals surface area (Å²) in [7, 11) is 0. The maximum Gasteiger partial charge on any atom is 0.157 e. The number of aromatic nitrogens is 3. The number of hydrogen-bond donors (Lipinski definition) is 2. The molecule has 18 heavy (non-hydrogen) atoms. The molecule has 1 aliphatic carbocycles. The lowest BCUT2D eigenvalue weighted by molar-refractivity contribution is 0.456. The molecule has 3 rings (SSSR count). The van der Waals surface area contributed by atoms with Gasteiger partial charge < -0.3 is 11.1 Å². The second-order valence-electron chi connectivity index (χ2n) is 5.47. The molecule has 0 amide bonds. The molecular formula is C13H19N5. The average Bonchev–Trinajstić information content (AvgIpc) is 3.09. The van der Waals surface area contributed by atoms with Gasteiger partial charge in [-0.1, -0.05) is 0 Å². The number of rotatable bonds is 4. The summed E-state index contributed by atoms with van der Waals surface area (Å²) in [6, 6.07) is 4.12. The fourth-order valence-electron chi connectivity index (χ4n) is 2.48. The summed E-state index contributed by atoms with van der Waals surface area (Å²) in [5.74, 6) is 1.64. The highest BCUT2D eigenvalue weighted by Gasteiger charge is 2.40. The Bertz CT molecular complexity index is 572. The van der Waals surface area contributed by atoms with E-state index < -0.39 is 0 Å². The summed E-state index contributed by atoms with van der Waals surface area (Å²) in [6.07, 6.45) is 4.09. The molecule has 2 aromatic heterocycles. The normalized spacial score (nSPS) is 18.8. The third-order valence-electron chi connectivity index (χ3n) is 3.84. The molecule has 2 aromatic rings. The van der Waals surface area contributed by atoms with E-state index in [1.807, 2.05) is 10.6 Å². The molecule has 1 unspecified atom stereocenters. The molecule has 0 saturated heterocycles. The minimum atomic E-state index is -0.0489. The van der Waals surface area contributed by atoms with E-state index in [4.69, 9.17) is 5.73 Å². The number of hydrogen-bond acceptors (Lipinski definition) is 4. The van der Waals surface area contributed by atoms with Gasteiger partial charge >= 0.3 is 0 Å². The zero-order valence-electron chi connectivity index (χ0n) is 10.8. The van der Waals surface area contributed by atoms with Gasteiger partial charge in [0.05, 0.1) is 5.54 Å². The van der Waals surface area contributed by atoms with E-state index in [-0.39, 0.29) is 5.54 Å². The molecule has 1 fully saturated rings. The van der Waals surface area contributed by atoms with Crippen molar-refractivity contribution in [2.75, 3.05) is 11.9 Å². The molecule has 3 N–H and O–H groups in total. The lowest BCUT2D eigenvalue weighted by Gasteiger charge is -2.30. The van der Waals surface area contributed by atoms with Gasteiger partial charge in [-0.3, -0.25) is 0 Å². The summed E-state index contributed by atoms with van der Waals surface area (Å²) in [5.41, 5.74) is 7.94. The largest absolute Gasteiger partial charge is 0.363 e. The Morgan fingerprint density at radius 1 is 1.50 bits per heavy atom. The van der Waals surface area contributed by atoms with E-state index in [0.29, 0.717) is 12.5 Å². The monoisotopic (exact) mass is 245 g/mol. The molecule has 5 heteroatoms. The van der Waals surface area contributed by atoms with Crippen LogP contribution in [0.15, 0.2) is 18.5 Å². The van der Waals surface area contributed by atoms with Gasteiger partial charge in [-0.2, -0.15) is 9.61 Å². The number of nitrogens with one attached hydrogen (secondary N) is 1. The van der Waals surface area contributed by atoms with Crippen LogP contribution < -0.4 is 11.1 Å². The van der Waals surface area contributed by atoms with Crippen molar-refractivity contribution in [2.24, 2.45) is 11.7 Å². The number of nitrogens with zero attached hydrogens (tertiary/aromatic N) is 3. The Kier molecular flexibility index (Phi) is 2.52. The van der Waals surface area contributed by atoms with Crippen molar-refractivity contribution in [1.82, 2.24) is 14.6 Å². The van der Waals surface area contributed by atoms with Gasteiger partial charge in [0.25, 0.3) is 0 Å². The number of fused-ring (bicyclic) bond motifs is 1. The van der Waals surface area contributed by atoms with Crippen LogP contribution in [0.2, 0.25) is 0 Å². The topological polar surface area (TPSA) is 68.2 Å². The van der Waals surface area contributed by atoms with Crippen molar-refractivity contribution in [1.29, 1.82) is 0 Å². The van der Waals surface area contributed by atoms with E-state index in [9.17, 15) is 0 Å². The Morgan fingerprint density at radius 3 is 2.94 bits per heavy atom. The van der Waals surface area contributed by atoms with Crippen molar-refractivity contribution in [3.8, 4) is 0 Å². The fraction of sp³-hybridized carbons (Fsp3) is 0.538. The Hall–Kier alpha value is -1.62. The molecule has 0 spiro atoms. The average molecular weight is 245 g/mol. The summed E-state index contributed by atoms with van der Waals surface area (Å²) in [5, 5.41) is 7.83. The maximum atomic E-state index is 5.95. The molecule has 1 aliphatic rings. The van der Waals surface area contributed by atoms with E-state index >= 15 is 0 Å². The first-order valence-corrected chi connectivity index (χ1v) is 6.41. The van der Waals surface area contributed by atoms with E-state index in [2.05, 4.69) is 35.3 Å². The predicted octanol–water partition coefficient (Wildman–Crippen LogP) is 1.58. The standard InChI is InChI=1S/C13H19N5/c1-9-5-11-15-8-16-18(11)12(6-9)17-13(2,7-14)10-3-4-10/h5-6,8,10,17H,3-4,7,14H2,1-2H3. The quantitative estimate of drug-likeness (QED) is 0.858. The first-order valence-electron chi connectivity index (χ1n) is 6.41. The van der Waals surface area contributed by atoms with Crippen LogP contribution in [-0.4, -0.2) is 26.7 Å². The van der Waals surface area contributed by atoms with Crippen molar-refractivity contribution in [3.63, 3.8) is 0 Å². The zero-order chi connectivity index (χ0) is 12.8. The van der Waals surface area contributed by atoms with Gasteiger partial charge in [-0.05, 0) is 50.3 Å². The first-order chi connectivity index (χ1) is 8.62. The molecule has 0 aliphatic heterocycles. The van der Waals surface area contributed by atoms with Crippen molar-refractivity contribution < 1.29 is 0 Å². The molecule has 0 aromatic carbocycles. The van der Waals surface area contributed by atoms with Crippen molar-refractivity contribution >= 4 is 11.5 Å². The molecule has 0 radical (unpaired) electrons. The van der Waals surface area contributed by atoms with Gasteiger partial charge in [0, 0.05) is 6.54 Å². The van der Waals surface area contributed by atoms with Crippen LogP contribution in [0.5, 0.6) is 0 Å². The van der Waals surface area contributed by atoms with E-state index in [1.165, 1.54) is 18.4 Å². The van der Waals surface area contributed by atoms with Crippen LogP contribution in [0.25, 0.3) is 5.65 Å². The Labute approximate surface area is 106 Å². The van der Waals surface area contributed by atoms with Gasteiger partial charge in [0.2, 0.25) is 0 Å². The zero-order valence-corrected chi connectivity index (χ0v) is 10.8. The predicted molar refractivity (Wildman–Crippen MR) is 71.5 cm³/mol. The number of pyridine rings is 1. The molecule has 2 heterocycles. The van der Waals surface area contributed by atoms with Crippen LogP contribution >= 0.6 is 0 Å². The second-order valence-corrected chi connectivity index (χ2v) is 5.47. The molecule has 1 saturated carbocycles. The smallest absolute Gasteiger partial charge is 0.157 e. The highest BCUT2D eigenvalue weighted by Crippen LogP contribution is 2.40. The molecule has 0 bridgehead atoms. The Balaban J connectivity index is 2.00. The van der Waals surface area contributed by atoms with Crippen LogP contribution in [0.1, 0.15) is 25.3 Å². The second kappa shape index (κ2) is 3.95. The number of nitrogens with two attached hydrogens (primary N) is 1. The number of aryl methyl sites for hydroxylation is 1. The summed E-state index contributed by atoms with van der Waals surface area (Å²) in [4.78, 5) is 4.24. The highest BCUT2D eigenvalue weighted by molar-refractivity contribution is 5.52. The fourth-order valence-corrected chi connectivity index (χ4v) is 2.48. The molecule has 96 valence electrons. The maximum absolute atomic E-state index is 5.95. The van der Waals surface area contributed by atoms with Crippen LogP contribution in [0, 0.1) is 12.8 Å². The van der Waals surface area contributed by atoms with Gasteiger partial charge in [0.15, 0.2) is 5.65 Å². The third kappa shape index (κ3) is 1.84. The first kappa shape index (κ1) is 11.5. The summed E-state index contributed by atoms with van der Waals surface area (Å²) < 4.78 is 1.84. The van der Waals surface area contributed by atoms with Gasteiger partial charge in [-0.15, -0.1) is 0 Å². The van der Waals surface area contributed by atoms with Crippen LogP contribution in [-0.2, 0) is 0 Å². The minimum absolute atomic E-state index is 0.0489. The van der Waals surface area contributed by atoms with E-state index in [1.54, 1.807) is 6.33 Å². The SMILES string of the molecule is Cc1cc(NC(C)(CN)C2CC2)n2ncnc2c1.